The first-order valence-electron chi connectivity index (χ1n) is 6.29. The maximum absolute atomic E-state index is 9.71. The molecule has 0 aromatic carbocycles. The van der Waals surface area contributed by atoms with Gasteiger partial charge in [0.05, 0.1) is 6.10 Å². The predicted octanol–water partition coefficient (Wildman–Crippen LogP) is 0.830. The molecule has 2 N–H and O–H groups in total. The molecule has 0 aromatic heterocycles. The minimum absolute atomic E-state index is 0.0293. The zero-order valence-corrected chi connectivity index (χ0v) is 9.95. The molecule has 2 bridgehead atoms. The Bertz CT molecular complexity index is 196. The molecule has 2 aliphatic heterocycles. The fourth-order valence-electron chi connectivity index (χ4n) is 3.32. The van der Waals surface area contributed by atoms with Crippen molar-refractivity contribution in [1.29, 1.82) is 0 Å². The van der Waals surface area contributed by atoms with Crippen LogP contribution in [0.1, 0.15) is 32.6 Å². The molecule has 0 aromatic rings. The second-order valence-electron chi connectivity index (χ2n) is 5.37. The molecule has 2 fully saturated rings. The lowest BCUT2D eigenvalue weighted by molar-refractivity contribution is 0.0284. The number of rotatable bonds is 4. The summed E-state index contributed by atoms with van der Waals surface area (Å²) in [6, 6.07) is 1.33. The average molecular weight is 212 g/mol. The van der Waals surface area contributed by atoms with Crippen LogP contribution in [0.25, 0.3) is 0 Å². The number of fused-ring (bicyclic) bond motifs is 2. The first kappa shape index (κ1) is 11.4. The molecule has 0 amide bonds. The number of hydrogen-bond donors (Lipinski definition) is 2. The van der Waals surface area contributed by atoms with Crippen molar-refractivity contribution in [3.8, 4) is 0 Å². The molecular formula is C12H24N2O. The zero-order chi connectivity index (χ0) is 10.8. The summed E-state index contributed by atoms with van der Waals surface area (Å²) >= 11 is 0. The van der Waals surface area contributed by atoms with E-state index in [1.807, 2.05) is 7.05 Å². The number of nitrogens with one attached hydrogen (secondary N) is 1. The van der Waals surface area contributed by atoms with E-state index in [9.17, 15) is 5.11 Å². The van der Waals surface area contributed by atoms with Gasteiger partial charge >= 0.3 is 0 Å². The number of piperidine rings is 1. The van der Waals surface area contributed by atoms with Gasteiger partial charge in [-0.2, -0.15) is 0 Å². The van der Waals surface area contributed by atoms with Crippen LogP contribution in [0.4, 0.5) is 0 Å². The van der Waals surface area contributed by atoms with Gasteiger partial charge in [0.25, 0.3) is 0 Å². The van der Waals surface area contributed by atoms with Gasteiger partial charge in [-0.15, -0.1) is 0 Å². The molecule has 2 aliphatic rings. The third-order valence-corrected chi connectivity index (χ3v) is 3.93. The molecule has 0 aliphatic carbocycles. The Morgan fingerprint density at radius 1 is 1.33 bits per heavy atom. The number of aliphatic hydroxyl groups is 1. The molecule has 88 valence electrons. The fraction of sp³-hybridized carbons (Fsp3) is 1.00. The van der Waals surface area contributed by atoms with Gasteiger partial charge in [-0.05, 0) is 45.2 Å². The van der Waals surface area contributed by atoms with Gasteiger partial charge in [-0.3, -0.25) is 4.90 Å². The first-order chi connectivity index (χ1) is 7.20. The van der Waals surface area contributed by atoms with Crippen molar-refractivity contribution >= 4 is 0 Å². The minimum atomic E-state index is -0.0293. The highest BCUT2D eigenvalue weighted by Crippen LogP contribution is 2.35. The molecule has 0 radical (unpaired) electrons. The van der Waals surface area contributed by atoms with Crippen molar-refractivity contribution in [3.63, 3.8) is 0 Å². The van der Waals surface area contributed by atoms with Crippen LogP contribution in [-0.4, -0.2) is 48.3 Å². The molecular weight excluding hydrogens is 188 g/mol. The van der Waals surface area contributed by atoms with Crippen LogP contribution in [0, 0.1) is 5.92 Å². The van der Waals surface area contributed by atoms with Crippen molar-refractivity contribution in [1.82, 2.24) is 10.2 Å². The van der Waals surface area contributed by atoms with Crippen LogP contribution in [-0.2, 0) is 0 Å². The smallest absolute Gasteiger partial charge is 0.0570 e. The zero-order valence-electron chi connectivity index (χ0n) is 9.95. The van der Waals surface area contributed by atoms with Gasteiger partial charge in [0.1, 0.15) is 0 Å². The number of nitrogens with zero attached hydrogens (tertiary/aromatic N) is 1. The lowest BCUT2D eigenvalue weighted by Crippen LogP contribution is -2.47. The summed E-state index contributed by atoms with van der Waals surface area (Å²) in [5.41, 5.74) is 0. The van der Waals surface area contributed by atoms with Gasteiger partial charge in [0, 0.05) is 18.6 Å². The van der Waals surface area contributed by atoms with Gasteiger partial charge in [-0.25, -0.2) is 0 Å². The quantitative estimate of drug-likeness (QED) is 0.724. The van der Waals surface area contributed by atoms with Gasteiger partial charge < -0.3 is 10.4 Å². The third kappa shape index (κ3) is 2.52. The lowest BCUT2D eigenvalue weighted by Gasteiger charge is -2.38. The van der Waals surface area contributed by atoms with E-state index in [2.05, 4.69) is 17.1 Å². The monoisotopic (exact) mass is 212 g/mol. The van der Waals surface area contributed by atoms with Gasteiger partial charge in [0.2, 0.25) is 0 Å². The molecule has 3 atom stereocenters. The molecule has 15 heavy (non-hydrogen) atoms. The van der Waals surface area contributed by atoms with Gasteiger partial charge in [0.15, 0.2) is 0 Å². The Morgan fingerprint density at radius 3 is 2.47 bits per heavy atom. The van der Waals surface area contributed by atoms with E-state index in [-0.39, 0.29) is 6.10 Å². The summed E-state index contributed by atoms with van der Waals surface area (Å²) in [5.74, 6) is 0.716. The SMILES string of the molecule is CNCC(C)CN1C2CCC1CC(O)C2. The van der Waals surface area contributed by atoms with Crippen LogP contribution < -0.4 is 5.32 Å². The molecule has 2 heterocycles. The maximum Gasteiger partial charge on any atom is 0.0570 e. The summed E-state index contributed by atoms with van der Waals surface area (Å²) < 4.78 is 0. The van der Waals surface area contributed by atoms with E-state index < -0.39 is 0 Å². The second-order valence-corrected chi connectivity index (χ2v) is 5.37. The standard InChI is InChI=1S/C12H24N2O/c1-9(7-13-2)8-14-10-3-4-11(14)6-12(15)5-10/h9-13,15H,3-8H2,1-2H3. The highest BCUT2D eigenvalue weighted by molar-refractivity contribution is 4.95. The Kier molecular flexibility index (Phi) is 3.65. The summed E-state index contributed by atoms with van der Waals surface area (Å²) in [5, 5.41) is 12.9. The van der Waals surface area contributed by atoms with Gasteiger partial charge in [-0.1, -0.05) is 6.92 Å². The average Bonchev–Trinajstić information content (AvgIpc) is 2.44. The summed E-state index contributed by atoms with van der Waals surface area (Å²) in [7, 11) is 2.02. The second kappa shape index (κ2) is 4.81. The lowest BCUT2D eigenvalue weighted by atomic mass is 9.98. The largest absolute Gasteiger partial charge is 0.393 e. The van der Waals surface area contributed by atoms with Crippen molar-refractivity contribution in [2.24, 2.45) is 5.92 Å². The van der Waals surface area contributed by atoms with E-state index in [0.29, 0.717) is 18.0 Å². The van der Waals surface area contributed by atoms with Crippen LogP contribution in [0.15, 0.2) is 0 Å². The Labute approximate surface area is 92.8 Å². The van der Waals surface area contributed by atoms with E-state index in [0.717, 1.165) is 19.4 Å². The molecule has 3 nitrogen and oxygen atoms in total. The first-order valence-corrected chi connectivity index (χ1v) is 6.29. The molecule has 2 rings (SSSR count). The molecule has 0 spiro atoms. The molecule has 3 heteroatoms. The van der Waals surface area contributed by atoms with Crippen LogP contribution in [0.5, 0.6) is 0 Å². The number of aliphatic hydroxyl groups excluding tert-OH is 1. The van der Waals surface area contributed by atoms with Crippen molar-refractivity contribution in [3.05, 3.63) is 0 Å². The minimum Gasteiger partial charge on any atom is -0.393 e. The van der Waals surface area contributed by atoms with E-state index in [1.165, 1.54) is 19.4 Å². The van der Waals surface area contributed by atoms with Crippen LogP contribution >= 0.6 is 0 Å². The van der Waals surface area contributed by atoms with E-state index in [1.54, 1.807) is 0 Å². The number of hydrogen-bond acceptors (Lipinski definition) is 3. The summed E-state index contributed by atoms with van der Waals surface area (Å²) in [6.45, 7) is 4.60. The van der Waals surface area contributed by atoms with Crippen LogP contribution in [0.3, 0.4) is 0 Å². The van der Waals surface area contributed by atoms with Crippen LogP contribution in [0.2, 0.25) is 0 Å². The van der Waals surface area contributed by atoms with E-state index >= 15 is 0 Å². The highest BCUT2D eigenvalue weighted by atomic mass is 16.3. The molecule has 3 unspecified atom stereocenters. The normalized spacial score (nSPS) is 38.2. The Balaban J connectivity index is 1.88. The topological polar surface area (TPSA) is 35.5 Å². The van der Waals surface area contributed by atoms with E-state index in [4.69, 9.17) is 0 Å². The molecule has 2 saturated heterocycles. The summed E-state index contributed by atoms with van der Waals surface area (Å²) in [4.78, 5) is 2.65. The Morgan fingerprint density at radius 2 is 1.93 bits per heavy atom. The fourth-order valence-corrected chi connectivity index (χ4v) is 3.32. The summed E-state index contributed by atoms with van der Waals surface area (Å²) in [6.07, 6.45) is 4.58. The van der Waals surface area contributed by atoms with Crippen molar-refractivity contribution in [2.75, 3.05) is 20.1 Å². The molecule has 0 saturated carbocycles. The Hall–Kier alpha value is -0.120. The van der Waals surface area contributed by atoms with Crippen molar-refractivity contribution in [2.45, 2.75) is 50.8 Å². The van der Waals surface area contributed by atoms with Crippen molar-refractivity contribution < 1.29 is 5.11 Å². The predicted molar refractivity (Wildman–Crippen MR) is 61.8 cm³/mol. The third-order valence-electron chi connectivity index (χ3n) is 3.93. The maximum atomic E-state index is 9.71. The highest BCUT2D eigenvalue weighted by Gasteiger charge is 2.40.